The summed E-state index contributed by atoms with van der Waals surface area (Å²) < 4.78 is 31.2. The molecule has 0 bridgehead atoms. The number of esters is 1. The molecule has 0 aliphatic carbocycles. The molecule has 184 valence electrons. The van der Waals surface area contributed by atoms with E-state index in [4.69, 9.17) is 14.2 Å². The Morgan fingerprint density at radius 3 is 2.63 bits per heavy atom. The second kappa shape index (κ2) is 9.16. The third kappa shape index (κ3) is 3.66. The molecule has 3 heterocycles. The molecular formula is C25H25FN2O6S. The van der Waals surface area contributed by atoms with Crippen molar-refractivity contribution in [3.63, 3.8) is 0 Å². The molecule has 3 aliphatic rings. The minimum Gasteiger partial charge on any atom is -0.486 e. The van der Waals surface area contributed by atoms with E-state index in [2.05, 4.69) is 5.32 Å². The number of thioether (sulfide) groups is 1. The van der Waals surface area contributed by atoms with E-state index in [1.807, 2.05) is 6.26 Å². The third-order valence-corrected chi connectivity index (χ3v) is 7.54. The predicted octanol–water partition coefficient (Wildman–Crippen LogP) is 2.71. The second-order valence-corrected chi connectivity index (χ2v) is 9.68. The minimum absolute atomic E-state index is 0.225. The number of amides is 2. The molecule has 8 nitrogen and oxygen atoms in total. The van der Waals surface area contributed by atoms with Crippen molar-refractivity contribution in [1.82, 2.24) is 5.32 Å². The number of nitrogens with zero attached hydrogens (tertiary/aromatic N) is 1. The van der Waals surface area contributed by atoms with Crippen LogP contribution in [0.25, 0.3) is 0 Å². The SMILES string of the molecule is COC(=O)[C@]1(CCSC)N[C@@H](c2ccccc2F)[C@H]2C(=O)N(c3ccc4c(c3)OCCO4)C(=O)[C@H]21. The van der Waals surface area contributed by atoms with E-state index in [0.717, 1.165) is 4.90 Å². The molecule has 2 fully saturated rings. The zero-order chi connectivity index (χ0) is 24.7. The van der Waals surface area contributed by atoms with Crippen LogP contribution in [0.15, 0.2) is 42.5 Å². The van der Waals surface area contributed by atoms with Gasteiger partial charge in [-0.25, -0.2) is 9.29 Å². The summed E-state index contributed by atoms with van der Waals surface area (Å²) >= 11 is 1.50. The van der Waals surface area contributed by atoms with Crippen molar-refractivity contribution in [3.8, 4) is 11.5 Å². The first-order valence-electron chi connectivity index (χ1n) is 11.3. The van der Waals surface area contributed by atoms with Gasteiger partial charge in [-0.3, -0.25) is 19.7 Å². The Bertz CT molecular complexity index is 1190. The summed E-state index contributed by atoms with van der Waals surface area (Å²) in [5.41, 5.74) is -0.942. The number of hydrogen-bond donors (Lipinski definition) is 1. The maximum atomic E-state index is 14.9. The molecule has 0 unspecified atom stereocenters. The lowest BCUT2D eigenvalue weighted by atomic mass is 9.78. The maximum absolute atomic E-state index is 14.9. The highest BCUT2D eigenvalue weighted by atomic mass is 32.2. The maximum Gasteiger partial charge on any atom is 0.326 e. The van der Waals surface area contributed by atoms with Crippen LogP contribution in [0.1, 0.15) is 18.0 Å². The zero-order valence-corrected chi connectivity index (χ0v) is 20.1. The molecule has 2 aromatic rings. The fourth-order valence-corrected chi connectivity index (χ4v) is 5.91. The molecule has 1 N–H and O–H groups in total. The molecule has 4 atom stereocenters. The highest BCUT2D eigenvalue weighted by molar-refractivity contribution is 7.98. The number of halogens is 1. The first-order valence-corrected chi connectivity index (χ1v) is 12.7. The number of anilines is 1. The minimum atomic E-state index is -1.48. The molecule has 0 radical (unpaired) electrons. The number of carbonyl (C=O) groups is 3. The standard InChI is InChI=1S/C25H25FN2O6S/c1-32-24(31)25(9-12-35-2)20-19(21(27-25)15-5-3-4-6-16(15)26)22(29)28(23(20)30)14-7-8-17-18(13-14)34-11-10-33-17/h3-8,13,19-21,27H,9-12H2,1-2H3/t19-,20-,21-,25+/m0/s1. The van der Waals surface area contributed by atoms with E-state index in [0.29, 0.717) is 36.2 Å². The number of ether oxygens (including phenoxy) is 3. The van der Waals surface area contributed by atoms with Gasteiger partial charge >= 0.3 is 5.97 Å². The van der Waals surface area contributed by atoms with Crippen LogP contribution in [-0.2, 0) is 19.1 Å². The lowest BCUT2D eigenvalue weighted by Crippen LogP contribution is -2.56. The number of methoxy groups -OCH3 is 1. The Kier molecular flexibility index (Phi) is 6.18. The summed E-state index contributed by atoms with van der Waals surface area (Å²) in [5.74, 6) is -2.78. The Morgan fingerprint density at radius 2 is 1.91 bits per heavy atom. The molecule has 5 rings (SSSR count). The van der Waals surface area contributed by atoms with Crippen LogP contribution in [0.5, 0.6) is 11.5 Å². The fourth-order valence-electron chi connectivity index (χ4n) is 5.39. The normalized spacial score (nSPS) is 27.2. The summed E-state index contributed by atoms with van der Waals surface area (Å²) in [6, 6.07) is 10.0. The van der Waals surface area contributed by atoms with Gasteiger partial charge in [-0.1, -0.05) is 18.2 Å². The van der Waals surface area contributed by atoms with Crippen LogP contribution in [0.3, 0.4) is 0 Å². The molecule has 2 amide bonds. The molecule has 2 aromatic carbocycles. The lowest BCUT2D eigenvalue weighted by molar-refractivity contribution is -0.152. The van der Waals surface area contributed by atoms with Gasteiger partial charge in [0, 0.05) is 17.7 Å². The van der Waals surface area contributed by atoms with Crippen molar-refractivity contribution in [2.45, 2.75) is 18.0 Å². The Hall–Kier alpha value is -3.11. The van der Waals surface area contributed by atoms with Crippen LogP contribution < -0.4 is 19.7 Å². The predicted molar refractivity (Wildman–Crippen MR) is 127 cm³/mol. The summed E-state index contributed by atoms with van der Waals surface area (Å²) in [6.07, 6.45) is 2.12. The number of imide groups is 1. The van der Waals surface area contributed by atoms with Crippen molar-refractivity contribution < 1.29 is 33.0 Å². The average molecular weight is 501 g/mol. The van der Waals surface area contributed by atoms with Crippen molar-refractivity contribution in [1.29, 1.82) is 0 Å². The molecule has 0 aromatic heterocycles. The van der Waals surface area contributed by atoms with E-state index in [1.54, 1.807) is 36.4 Å². The third-order valence-electron chi connectivity index (χ3n) is 6.93. The average Bonchev–Trinajstić information content (AvgIpc) is 3.36. The van der Waals surface area contributed by atoms with Gasteiger partial charge in [0.2, 0.25) is 11.8 Å². The highest BCUT2D eigenvalue weighted by Gasteiger charge is 2.69. The van der Waals surface area contributed by atoms with Gasteiger partial charge in [-0.15, -0.1) is 0 Å². The summed E-state index contributed by atoms with van der Waals surface area (Å²) in [6.45, 7) is 0.758. The number of nitrogens with one attached hydrogen (secondary N) is 1. The van der Waals surface area contributed by atoms with E-state index in [-0.39, 0.29) is 12.0 Å². The van der Waals surface area contributed by atoms with Crippen molar-refractivity contribution in [2.24, 2.45) is 11.8 Å². The van der Waals surface area contributed by atoms with Crippen LogP contribution >= 0.6 is 11.8 Å². The molecule has 3 aliphatic heterocycles. The van der Waals surface area contributed by atoms with Crippen LogP contribution in [0.4, 0.5) is 10.1 Å². The number of fused-ring (bicyclic) bond motifs is 2. The molecule has 2 saturated heterocycles. The number of carbonyl (C=O) groups excluding carboxylic acids is 3. The molecule has 10 heteroatoms. The van der Waals surface area contributed by atoms with Crippen molar-refractivity contribution in [3.05, 3.63) is 53.8 Å². The van der Waals surface area contributed by atoms with Crippen LogP contribution in [0, 0.1) is 17.7 Å². The van der Waals surface area contributed by atoms with Gasteiger partial charge in [0.1, 0.15) is 24.6 Å². The highest BCUT2D eigenvalue weighted by Crippen LogP contribution is 2.52. The Balaban J connectivity index is 1.63. The lowest BCUT2D eigenvalue weighted by Gasteiger charge is -2.32. The van der Waals surface area contributed by atoms with Crippen LogP contribution in [-0.4, -0.2) is 55.7 Å². The second-order valence-electron chi connectivity index (χ2n) is 8.69. The van der Waals surface area contributed by atoms with Gasteiger partial charge in [0.05, 0.1) is 24.6 Å². The van der Waals surface area contributed by atoms with E-state index >= 15 is 0 Å². The topological polar surface area (TPSA) is 94.2 Å². The van der Waals surface area contributed by atoms with E-state index in [1.165, 1.54) is 24.9 Å². The van der Waals surface area contributed by atoms with Crippen molar-refractivity contribution in [2.75, 3.05) is 37.2 Å². The quantitative estimate of drug-likeness (QED) is 0.478. The Morgan fingerprint density at radius 1 is 1.17 bits per heavy atom. The van der Waals surface area contributed by atoms with Gasteiger partial charge < -0.3 is 14.2 Å². The van der Waals surface area contributed by atoms with Gasteiger partial charge in [0.15, 0.2) is 11.5 Å². The number of rotatable bonds is 6. The first-order chi connectivity index (χ1) is 16.9. The number of hydrogen-bond acceptors (Lipinski definition) is 8. The van der Waals surface area contributed by atoms with Gasteiger partial charge in [0.25, 0.3) is 0 Å². The smallest absolute Gasteiger partial charge is 0.326 e. The molecule has 0 saturated carbocycles. The largest absolute Gasteiger partial charge is 0.486 e. The van der Waals surface area contributed by atoms with Crippen molar-refractivity contribution >= 4 is 35.2 Å². The summed E-state index contributed by atoms with van der Waals surface area (Å²) in [7, 11) is 1.25. The van der Waals surface area contributed by atoms with E-state index < -0.39 is 47.0 Å². The molecular weight excluding hydrogens is 475 g/mol. The van der Waals surface area contributed by atoms with Crippen LogP contribution in [0.2, 0.25) is 0 Å². The molecule has 35 heavy (non-hydrogen) atoms. The summed E-state index contributed by atoms with van der Waals surface area (Å²) in [4.78, 5) is 42.1. The zero-order valence-electron chi connectivity index (χ0n) is 19.3. The Labute approximate surface area is 206 Å². The fraction of sp³-hybridized carbons (Fsp3) is 0.400. The van der Waals surface area contributed by atoms with Gasteiger partial charge in [-0.2, -0.15) is 11.8 Å². The first kappa shape index (κ1) is 23.6. The summed E-state index contributed by atoms with van der Waals surface area (Å²) in [5, 5.41) is 3.19. The molecule has 0 spiro atoms. The van der Waals surface area contributed by atoms with E-state index in [9.17, 15) is 18.8 Å². The van der Waals surface area contributed by atoms with Gasteiger partial charge in [-0.05, 0) is 36.6 Å². The number of benzene rings is 2. The monoisotopic (exact) mass is 500 g/mol.